The van der Waals surface area contributed by atoms with Crippen molar-refractivity contribution < 1.29 is 42.7 Å². The summed E-state index contributed by atoms with van der Waals surface area (Å²) in [7, 11) is -2.52. The normalized spacial score (nSPS) is 10.4. The molecule has 9 heteroatoms. The quantitative estimate of drug-likeness (QED) is 0.542. The standard InChI is InChI=1S/C11H11N4O3S.Na/c1-18-11-10(13-6-7-14-11)15-19(16,17)9-4-2-8(12)3-5-9;/h2-7H,12H2,1H3;/q-1;+1. The van der Waals surface area contributed by atoms with E-state index in [1.54, 1.807) is 0 Å². The Morgan fingerprint density at radius 2 is 1.75 bits per heavy atom. The van der Waals surface area contributed by atoms with Gasteiger partial charge in [-0.2, -0.15) is 0 Å². The van der Waals surface area contributed by atoms with Gasteiger partial charge in [0.2, 0.25) is 15.9 Å². The van der Waals surface area contributed by atoms with Gasteiger partial charge in [0.25, 0.3) is 0 Å². The molecule has 2 rings (SSSR count). The molecule has 1 aromatic carbocycles. The number of anilines is 1. The van der Waals surface area contributed by atoms with Crippen LogP contribution in [0.2, 0.25) is 0 Å². The molecule has 0 aliphatic heterocycles. The van der Waals surface area contributed by atoms with Crippen molar-refractivity contribution >= 4 is 21.5 Å². The Bertz CT molecular complexity index is 676. The van der Waals surface area contributed by atoms with Crippen LogP contribution in [0, 0.1) is 0 Å². The van der Waals surface area contributed by atoms with Crippen molar-refractivity contribution in [1.29, 1.82) is 0 Å². The fourth-order valence-electron chi connectivity index (χ4n) is 1.33. The molecule has 0 bridgehead atoms. The topological polar surface area (TPSA) is 109 Å². The Labute approximate surface area is 138 Å². The van der Waals surface area contributed by atoms with E-state index in [9.17, 15) is 8.42 Å². The number of ether oxygens (including phenoxy) is 1. The third-order valence-electron chi connectivity index (χ3n) is 2.22. The number of hydrogen-bond donors (Lipinski definition) is 1. The van der Waals surface area contributed by atoms with Gasteiger partial charge in [-0.15, -0.1) is 0 Å². The molecule has 100 valence electrons. The van der Waals surface area contributed by atoms with E-state index in [1.165, 1.54) is 43.8 Å². The van der Waals surface area contributed by atoms with Crippen molar-refractivity contribution in [2.24, 2.45) is 0 Å². The van der Waals surface area contributed by atoms with Crippen molar-refractivity contribution in [3.05, 3.63) is 41.4 Å². The maximum atomic E-state index is 12.1. The van der Waals surface area contributed by atoms with E-state index in [0.717, 1.165) is 0 Å². The second-order valence-electron chi connectivity index (χ2n) is 3.52. The fraction of sp³-hybridized carbons (Fsp3) is 0.0909. The third kappa shape index (κ3) is 3.83. The van der Waals surface area contributed by atoms with Gasteiger partial charge in [0.05, 0.1) is 12.0 Å². The average molecular weight is 302 g/mol. The minimum atomic E-state index is -3.88. The Kier molecular flexibility index (Phi) is 5.75. The Hall–Kier alpha value is -1.35. The van der Waals surface area contributed by atoms with Crippen LogP contribution >= 0.6 is 0 Å². The van der Waals surface area contributed by atoms with E-state index >= 15 is 0 Å². The summed E-state index contributed by atoms with van der Waals surface area (Å²) in [5, 5.41) is 0. The van der Waals surface area contributed by atoms with Gasteiger partial charge < -0.3 is 20.2 Å². The molecular weight excluding hydrogens is 291 g/mol. The summed E-state index contributed by atoms with van der Waals surface area (Å²) in [6.07, 6.45) is 2.72. The van der Waals surface area contributed by atoms with Crippen LogP contribution in [0.4, 0.5) is 11.5 Å². The number of sulfonamides is 1. The van der Waals surface area contributed by atoms with E-state index in [0.29, 0.717) is 5.69 Å². The maximum absolute atomic E-state index is 12.1. The molecule has 7 nitrogen and oxygen atoms in total. The summed E-state index contributed by atoms with van der Waals surface area (Å²) >= 11 is 0. The fourth-order valence-corrected chi connectivity index (χ4v) is 2.27. The van der Waals surface area contributed by atoms with Gasteiger partial charge >= 0.3 is 29.6 Å². The molecule has 0 saturated carbocycles. The number of aromatic nitrogens is 2. The predicted molar refractivity (Wildman–Crippen MR) is 69.6 cm³/mol. The molecule has 20 heavy (non-hydrogen) atoms. The largest absolute Gasteiger partial charge is 1.00 e. The zero-order valence-corrected chi connectivity index (χ0v) is 13.8. The number of benzene rings is 1. The molecule has 0 unspecified atom stereocenters. The van der Waals surface area contributed by atoms with E-state index in [-0.39, 0.29) is 46.2 Å². The van der Waals surface area contributed by atoms with Gasteiger partial charge in [0, 0.05) is 17.7 Å². The molecule has 2 N–H and O–H groups in total. The summed E-state index contributed by atoms with van der Waals surface area (Å²) in [6.45, 7) is 0. The zero-order valence-electron chi connectivity index (χ0n) is 11.0. The zero-order chi connectivity index (χ0) is 13.9. The van der Waals surface area contributed by atoms with Crippen molar-refractivity contribution in [2.75, 3.05) is 12.8 Å². The van der Waals surface area contributed by atoms with Gasteiger partial charge in [-0.25, -0.2) is 13.4 Å². The summed E-state index contributed by atoms with van der Waals surface area (Å²) in [5.74, 6) is -0.0525. The number of nitrogen functional groups attached to an aromatic ring is 1. The summed E-state index contributed by atoms with van der Waals surface area (Å²) in [5.41, 5.74) is 5.97. The second-order valence-corrected chi connectivity index (χ2v) is 5.13. The first-order chi connectivity index (χ1) is 9.03. The number of hydrogen-bond acceptors (Lipinski definition) is 6. The Balaban J connectivity index is 0.00000200. The van der Waals surface area contributed by atoms with Crippen LogP contribution in [-0.2, 0) is 10.0 Å². The van der Waals surface area contributed by atoms with Crippen molar-refractivity contribution in [1.82, 2.24) is 9.97 Å². The molecular formula is C11H11N4NaO3S. The van der Waals surface area contributed by atoms with Crippen LogP contribution in [0.5, 0.6) is 5.88 Å². The van der Waals surface area contributed by atoms with Crippen LogP contribution in [0.15, 0.2) is 41.6 Å². The minimum absolute atomic E-state index is 0. The van der Waals surface area contributed by atoms with Gasteiger partial charge in [0.15, 0.2) is 0 Å². The summed E-state index contributed by atoms with van der Waals surface area (Å²) in [4.78, 5) is 7.67. The van der Waals surface area contributed by atoms with Crippen LogP contribution in [0.1, 0.15) is 0 Å². The van der Waals surface area contributed by atoms with Crippen LogP contribution in [-0.4, -0.2) is 25.5 Å². The number of nitrogens with zero attached hydrogens (tertiary/aromatic N) is 3. The first-order valence-electron chi connectivity index (χ1n) is 5.21. The first-order valence-corrected chi connectivity index (χ1v) is 6.65. The molecule has 0 radical (unpaired) electrons. The molecule has 0 amide bonds. The average Bonchev–Trinajstić information content (AvgIpc) is 2.39. The third-order valence-corrected chi connectivity index (χ3v) is 3.51. The Morgan fingerprint density at radius 1 is 1.15 bits per heavy atom. The van der Waals surface area contributed by atoms with Crippen molar-refractivity contribution in [3.8, 4) is 5.88 Å². The maximum Gasteiger partial charge on any atom is 1.00 e. The molecule has 1 aromatic heterocycles. The molecule has 0 saturated heterocycles. The van der Waals surface area contributed by atoms with Crippen molar-refractivity contribution in [3.63, 3.8) is 0 Å². The molecule has 0 aliphatic rings. The van der Waals surface area contributed by atoms with E-state index in [2.05, 4.69) is 14.7 Å². The van der Waals surface area contributed by atoms with Gasteiger partial charge in [-0.05, 0) is 24.3 Å². The monoisotopic (exact) mass is 302 g/mol. The Morgan fingerprint density at radius 3 is 2.35 bits per heavy atom. The number of methoxy groups -OCH3 is 1. The van der Waals surface area contributed by atoms with Crippen LogP contribution in [0.25, 0.3) is 4.72 Å². The van der Waals surface area contributed by atoms with Crippen LogP contribution < -0.4 is 40.0 Å². The molecule has 1 heterocycles. The van der Waals surface area contributed by atoms with Gasteiger partial charge in [0.1, 0.15) is 0 Å². The van der Waals surface area contributed by atoms with E-state index < -0.39 is 10.0 Å². The van der Waals surface area contributed by atoms with E-state index in [1.807, 2.05) is 0 Å². The smallest absolute Gasteiger partial charge is 0.481 e. The minimum Gasteiger partial charge on any atom is -0.481 e. The SMILES string of the molecule is COc1nccnc1[N-]S(=O)(=O)c1ccc(N)cc1.[Na+]. The second kappa shape index (κ2) is 6.89. The predicted octanol–water partition coefficient (Wildman–Crippen LogP) is -1.53. The summed E-state index contributed by atoms with van der Waals surface area (Å²) in [6, 6.07) is 5.71. The summed E-state index contributed by atoms with van der Waals surface area (Å²) < 4.78 is 32.6. The molecule has 0 fully saturated rings. The first kappa shape index (κ1) is 16.7. The van der Waals surface area contributed by atoms with Gasteiger partial charge in [-0.1, -0.05) is 6.20 Å². The molecule has 0 atom stereocenters. The van der Waals surface area contributed by atoms with E-state index in [4.69, 9.17) is 10.5 Å². The van der Waals surface area contributed by atoms with Crippen molar-refractivity contribution in [2.45, 2.75) is 4.90 Å². The molecule has 2 aromatic rings. The molecule has 0 aliphatic carbocycles. The molecule has 0 spiro atoms. The number of nitrogens with two attached hydrogens (primary N) is 1. The number of rotatable bonds is 4. The van der Waals surface area contributed by atoms with Crippen LogP contribution in [0.3, 0.4) is 0 Å². The van der Waals surface area contributed by atoms with Gasteiger partial charge in [-0.3, -0.25) is 0 Å².